The quantitative estimate of drug-likeness (QED) is 0.211. The Morgan fingerprint density at radius 3 is 1.87 bits per heavy atom. The van der Waals surface area contributed by atoms with Crippen molar-refractivity contribution in [3.8, 4) is 5.75 Å². The highest BCUT2D eigenvalue weighted by Gasteiger charge is 2.39. The second kappa shape index (κ2) is 17.6. The Kier molecular flexibility index (Phi) is 13.1. The number of ketones is 2. The molecule has 0 N–H and O–H groups in total. The summed E-state index contributed by atoms with van der Waals surface area (Å²) in [6.07, 6.45) is 13.4. The average Bonchev–Trinajstić information content (AvgIpc) is 3.15. The van der Waals surface area contributed by atoms with Crippen molar-refractivity contribution in [3.05, 3.63) is 96.1 Å². The van der Waals surface area contributed by atoms with E-state index in [1.54, 1.807) is 7.11 Å². The third kappa shape index (κ3) is 9.56. The third-order valence-electron chi connectivity index (χ3n) is 10.9. The lowest BCUT2D eigenvalue weighted by atomic mass is 9.69. The van der Waals surface area contributed by atoms with E-state index in [-0.39, 0.29) is 5.92 Å². The highest BCUT2D eigenvalue weighted by Crippen LogP contribution is 2.37. The minimum Gasteiger partial charge on any atom is -0.495 e. The Labute approximate surface area is 283 Å². The fourth-order valence-electron chi connectivity index (χ4n) is 7.88. The zero-order chi connectivity index (χ0) is 32.9. The van der Waals surface area contributed by atoms with Crippen LogP contribution in [0.15, 0.2) is 84.9 Å². The molecule has 3 aliphatic rings. The van der Waals surface area contributed by atoms with E-state index >= 15 is 0 Å². The van der Waals surface area contributed by atoms with Gasteiger partial charge in [0.25, 0.3) is 0 Å². The summed E-state index contributed by atoms with van der Waals surface area (Å²) in [4.78, 5) is 30.7. The van der Waals surface area contributed by atoms with Gasteiger partial charge in [-0.2, -0.15) is 0 Å². The van der Waals surface area contributed by atoms with Gasteiger partial charge in [0.2, 0.25) is 0 Å². The number of para-hydroxylation sites is 2. The Hall–Kier alpha value is -3.44. The molecule has 0 radical (unpaired) electrons. The van der Waals surface area contributed by atoms with Crippen LogP contribution in [0.5, 0.6) is 5.75 Å². The molecule has 252 valence electrons. The number of rotatable bonds is 11. The number of hydrogen-bond acceptors (Lipinski definition) is 5. The average molecular weight is 637 g/mol. The van der Waals surface area contributed by atoms with E-state index in [9.17, 15) is 9.59 Å². The molecule has 0 bridgehead atoms. The predicted molar refractivity (Wildman–Crippen MR) is 193 cm³/mol. The molecule has 3 aromatic carbocycles. The maximum Gasteiger partial charge on any atom is 0.146 e. The number of piperazine rings is 1. The fourth-order valence-corrected chi connectivity index (χ4v) is 7.88. The highest BCUT2D eigenvalue weighted by molar-refractivity contribution is 5.91. The number of carbonyl (C=O) groups is 2. The molecular formula is C42H56N2O3. The van der Waals surface area contributed by atoms with Crippen LogP contribution in [0.25, 0.3) is 0 Å². The number of Topliss-reactive ketones (excluding diaryl/α,β-unsaturated/α-hetero) is 2. The van der Waals surface area contributed by atoms with E-state index in [1.165, 1.54) is 49.8 Å². The summed E-state index contributed by atoms with van der Waals surface area (Å²) < 4.78 is 5.56. The van der Waals surface area contributed by atoms with Gasteiger partial charge < -0.3 is 9.64 Å². The summed E-state index contributed by atoms with van der Waals surface area (Å²) in [5.74, 6) is 2.43. The van der Waals surface area contributed by atoms with Crippen LogP contribution in [0, 0.1) is 11.8 Å². The van der Waals surface area contributed by atoms with Crippen molar-refractivity contribution in [1.82, 2.24) is 4.90 Å². The van der Waals surface area contributed by atoms with Gasteiger partial charge in [-0.1, -0.05) is 111 Å². The molecule has 0 spiro atoms. The molecule has 3 fully saturated rings. The highest BCUT2D eigenvalue weighted by atomic mass is 16.5. The third-order valence-corrected chi connectivity index (χ3v) is 10.9. The van der Waals surface area contributed by atoms with Gasteiger partial charge in [0.1, 0.15) is 17.3 Å². The van der Waals surface area contributed by atoms with Crippen molar-refractivity contribution < 1.29 is 14.3 Å². The first-order chi connectivity index (χ1) is 23.0. The molecule has 0 aromatic heterocycles. The summed E-state index contributed by atoms with van der Waals surface area (Å²) in [6.45, 7) is 7.16. The van der Waals surface area contributed by atoms with Gasteiger partial charge in [0, 0.05) is 44.4 Å². The lowest BCUT2D eigenvalue weighted by Gasteiger charge is -2.39. The second-order valence-electron chi connectivity index (χ2n) is 14.1. The normalized spacial score (nSPS) is 19.2. The van der Waals surface area contributed by atoms with Crippen molar-refractivity contribution >= 4 is 17.3 Å². The fraction of sp³-hybridized carbons (Fsp3) is 0.524. The van der Waals surface area contributed by atoms with E-state index in [0.717, 1.165) is 76.1 Å². The second-order valence-corrected chi connectivity index (χ2v) is 14.1. The smallest absolute Gasteiger partial charge is 0.146 e. The van der Waals surface area contributed by atoms with Crippen LogP contribution in [0.4, 0.5) is 5.69 Å². The van der Waals surface area contributed by atoms with Crippen molar-refractivity contribution in [3.63, 3.8) is 0 Å². The molecule has 1 aliphatic heterocycles. The van der Waals surface area contributed by atoms with Gasteiger partial charge in [-0.25, -0.2) is 0 Å². The van der Waals surface area contributed by atoms with Crippen LogP contribution >= 0.6 is 0 Å². The Morgan fingerprint density at radius 2 is 1.26 bits per heavy atom. The van der Waals surface area contributed by atoms with Crippen molar-refractivity contribution in [1.29, 1.82) is 0 Å². The summed E-state index contributed by atoms with van der Waals surface area (Å²) in [5.41, 5.74) is 3.12. The standard InChI is InChI=1S/C28H38N2O2.C14H18O/c1-28(24-13-7-4-8-14-24,27(31)23-11-5-3-6-12-23)17-18-29-19-21-30(22-20-29)25-15-9-10-16-26(25)32-2;15-14(13-9-5-2-6-10-13)11-12-7-3-1-4-8-12/h4,7-10,13-16,23H,3,5-6,11-12,17-22H2,1-2H3;1,3-4,7-8,13H,2,5-6,9-11H2. The molecule has 6 rings (SSSR count). The van der Waals surface area contributed by atoms with Crippen molar-refractivity contribution in [2.24, 2.45) is 11.8 Å². The lowest BCUT2D eigenvalue weighted by Crippen LogP contribution is -2.48. The number of hydrogen-bond donors (Lipinski definition) is 0. The van der Waals surface area contributed by atoms with E-state index in [2.05, 4.69) is 53.1 Å². The Bertz CT molecular complexity index is 1370. The molecule has 47 heavy (non-hydrogen) atoms. The molecule has 1 saturated heterocycles. The largest absolute Gasteiger partial charge is 0.495 e. The molecule has 1 heterocycles. The number of benzene rings is 3. The van der Waals surface area contributed by atoms with Gasteiger partial charge >= 0.3 is 0 Å². The number of methoxy groups -OCH3 is 1. The Morgan fingerprint density at radius 1 is 0.702 bits per heavy atom. The van der Waals surface area contributed by atoms with Crippen LogP contribution in [0.1, 0.15) is 88.7 Å². The van der Waals surface area contributed by atoms with Gasteiger partial charge in [-0.05, 0) is 68.8 Å². The summed E-state index contributed by atoms with van der Waals surface area (Å²) >= 11 is 0. The maximum atomic E-state index is 13.8. The summed E-state index contributed by atoms with van der Waals surface area (Å²) in [6, 6.07) is 28.9. The number of anilines is 1. The van der Waals surface area contributed by atoms with Crippen LogP contribution < -0.4 is 9.64 Å². The zero-order valence-corrected chi connectivity index (χ0v) is 28.9. The van der Waals surface area contributed by atoms with E-state index < -0.39 is 5.41 Å². The SMILES string of the molecule is COc1ccccc1N1CCN(CCC(C)(C(=O)C2CCCCC2)c2ccccc2)CC1.O=C(Cc1ccccc1)C1CCCCC1. The molecule has 5 nitrogen and oxygen atoms in total. The predicted octanol–water partition coefficient (Wildman–Crippen LogP) is 8.69. The summed E-state index contributed by atoms with van der Waals surface area (Å²) in [5, 5.41) is 0. The van der Waals surface area contributed by atoms with Gasteiger partial charge in [0.05, 0.1) is 18.2 Å². The topological polar surface area (TPSA) is 49.9 Å². The molecule has 1 atom stereocenters. The Balaban J connectivity index is 0.000000241. The van der Waals surface area contributed by atoms with E-state index in [0.29, 0.717) is 23.9 Å². The molecule has 5 heteroatoms. The van der Waals surface area contributed by atoms with Gasteiger partial charge in [-0.15, -0.1) is 0 Å². The van der Waals surface area contributed by atoms with Gasteiger partial charge in [-0.3, -0.25) is 14.5 Å². The maximum absolute atomic E-state index is 13.8. The molecule has 2 saturated carbocycles. The van der Waals surface area contributed by atoms with E-state index in [1.807, 2.05) is 48.5 Å². The minimum atomic E-state index is -0.400. The summed E-state index contributed by atoms with van der Waals surface area (Å²) in [7, 11) is 1.74. The first-order valence-electron chi connectivity index (χ1n) is 18.2. The number of ether oxygens (including phenoxy) is 1. The molecular weight excluding hydrogens is 580 g/mol. The molecule has 2 aliphatic carbocycles. The monoisotopic (exact) mass is 636 g/mol. The zero-order valence-electron chi connectivity index (χ0n) is 28.9. The lowest BCUT2D eigenvalue weighted by molar-refractivity contribution is -0.129. The van der Waals surface area contributed by atoms with Gasteiger partial charge in [0.15, 0.2) is 0 Å². The molecule has 3 aromatic rings. The van der Waals surface area contributed by atoms with Crippen LogP contribution in [0.3, 0.4) is 0 Å². The minimum absolute atomic E-state index is 0.233. The molecule has 1 unspecified atom stereocenters. The molecule has 0 amide bonds. The van der Waals surface area contributed by atoms with Crippen LogP contribution in [-0.4, -0.2) is 56.3 Å². The number of carbonyl (C=O) groups excluding carboxylic acids is 2. The first-order valence-corrected chi connectivity index (χ1v) is 18.2. The van der Waals surface area contributed by atoms with Crippen LogP contribution in [-0.2, 0) is 21.4 Å². The first kappa shape index (κ1) is 34.9. The van der Waals surface area contributed by atoms with Crippen LogP contribution in [0.2, 0.25) is 0 Å². The van der Waals surface area contributed by atoms with Crippen molar-refractivity contribution in [2.75, 3.05) is 44.7 Å². The van der Waals surface area contributed by atoms with E-state index in [4.69, 9.17) is 4.74 Å². The van der Waals surface area contributed by atoms with Crippen molar-refractivity contribution in [2.45, 2.75) is 89.4 Å². The number of nitrogens with zero attached hydrogens (tertiary/aromatic N) is 2.